The minimum absolute atomic E-state index is 0.107. The first-order chi connectivity index (χ1) is 19.2. The van der Waals surface area contributed by atoms with Gasteiger partial charge in [-0.2, -0.15) is 0 Å². The van der Waals surface area contributed by atoms with Gasteiger partial charge in [0.15, 0.2) is 0 Å². The molecule has 0 spiro atoms. The number of oxime groups is 1. The molecule has 0 atom stereocenters. The van der Waals surface area contributed by atoms with E-state index in [9.17, 15) is 9.59 Å². The highest BCUT2D eigenvalue weighted by molar-refractivity contribution is 6.09. The van der Waals surface area contributed by atoms with Crippen molar-refractivity contribution in [3.63, 3.8) is 0 Å². The number of nitrogens with zero attached hydrogens (tertiary/aromatic N) is 1. The van der Waals surface area contributed by atoms with E-state index in [0.29, 0.717) is 36.6 Å². The molecular formula is C33H34N2O5. The van der Waals surface area contributed by atoms with Gasteiger partial charge in [-0.3, -0.25) is 4.79 Å². The van der Waals surface area contributed by atoms with Crippen LogP contribution >= 0.6 is 0 Å². The quantitative estimate of drug-likeness (QED) is 0.102. The fraction of sp³-hybridized carbons (Fsp3) is 0.242. The Morgan fingerprint density at radius 1 is 0.875 bits per heavy atom. The monoisotopic (exact) mass is 538 g/mol. The Balaban J connectivity index is 1.32. The third-order valence-electron chi connectivity index (χ3n) is 6.36. The SMILES string of the molecule is COC(=O)c1ccc(OCCCO/N=C/c2ccc(C(C)(C)C)cc2)cc1NC(=O)c1ccc2ccccc2c1. The highest BCUT2D eigenvalue weighted by atomic mass is 16.6. The van der Waals surface area contributed by atoms with Crippen LogP contribution in [0.25, 0.3) is 10.8 Å². The van der Waals surface area contributed by atoms with Crippen molar-refractivity contribution in [1.29, 1.82) is 0 Å². The van der Waals surface area contributed by atoms with Crippen LogP contribution in [-0.2, 0) is 15.0 Å². The van der Waals surface area contributed by atoms with Crippen molar-refractivity contribution in [2.45, 2.75) is 32.6 Å². The van der Waals surface area contributed by atoms with Gasteiger partial charge in [0, 0.05) is 18.1 Å². The second-order valence-electron chi connectivity index (χ2n) is 10.4. The van der Waals surface area contributed by atoms with Crippen LogP contribution in [0.3, 0.4) is 0 Å². The highest BCUT2D eigenvalue weighted by Crippen LogP contribution is 2.25. The van der Waals surface area contributed by atoms with Crippen LogP contribution in [0.2, 0.25) is 0 Å². The maximum atomic E-state index is 13.0. The molecule has 4 aromatic rings. The third-order valence-corrected chi connectivity index (χ3v) is 6.36. The van der Waals surface area contributed by atoms with Crippen LogP contribution in [0, 0.1) is 0 Å². The normalized spacial score (nSPS) is 11.4. The molecule has 1 N–H and O–H groups in total. The number of rotatable bonds is 10. The number of anilines is 1. The van der Waals surface area contributed by atoms with E-state index in [4.69, 9.17) is 14.3 Å². The van der Waals surface area contributed by atoms with E-state index in [1.165, 1.54) is 12.7 Å². The molecule has 1 amide bonds. The molecule has 4 aromatic carbocycles. The summed E-state index contributed by atoms with van der Waals surface area (Å²) in [6.45, 7) is 7.28. The lowest BCUT2D eigenvalue weighted by Crippen LogP contribution is -2.15. The van der Waals surface area contributed by atoms with Crippen molar-refractivity contribution in [3.8, 4) is 5.75 Å². The largest absolute Gasteiger partial charge is 0.493 e. The molecule has 40 heavy (non-hydrogen) atoms. The van der Waals surface area contributed by atoms with E-state index in [2.05, 4.69) is 43.4 Å². The van der Waals surface area contributed by atoms with Crippen LogP contribution in [0.5, 0.6) is 5.75 Å². The van der Waals surface area contributed by atoms with Crippen LogP contribution in [0.15, 0.2) is 90.1 Å². The first-order valence-corrected chi connectivity index (χ1v) is 13.2. The predicted molar refractivity (Wildman–Crippen MR) is 158 cm³/mol. The minimum Gasteiger partial charge on any atom is -0.493 e. The molecule has 206 valence electrons. The van der Waals surface area contributed by atoms with Gasteiger partial charge in [0.25, 0.3) is 5.91 Å². The van der Waals surface area contributed by atoms with E-state index < -0.39 is 5.97 Å². The molecular weight excluding hydrogens is 504 g/mol. The van der Waals surface area contributed by atoms with Crippen molar-refractivity contribution in [3.05, 3.63) is 107 Å². The average Bonchev–Trinajstić information content (AvgIpc) is 2.96. The molecule has 0 aromatic heterocycles. The second-order valence-corrected chi connectivity index (χ2v) is 10.4. The number of methoxy groups -OCH3 is 1. The third kappa shape index (κ3) is 7.47. The summed E-state index contributed by atoms with van der Waals surface area (Å²) in [6.07, 6.45) is 2.28. The molecule has 7 heteroatoms. The molecule has 7 nitrogen and oxygen atoms in total. The standard InChI is InChI=1S/C33H34N2O5/c1-33(2,3)27-14-10-23(11-15-27)22-34-40-19-7-18-39-28-16-17-29(32(37)38-4)30(21-28)35-31(36)26-13-12-24-8-5-6-9-25(24)20-26/h5-6,8-17,20-22H,7,18-19H2,1-4H3,(H,35,36)/b34-22+. The molecule has 0 heterocycles. The fourth-order valence-corrected chi connectivity index (χ4v) is 4.06. The van der Waals surface area contributed by atoms with Gasteiger partial charge >= 0.3 is 5.97 Å². The van der Waals surface area contributed by atoms with Crippen LogP contribution in [-0.4, -0.2) is 38.4 Å². The molecule has 0 aliphatic carbocycles. The summed E-state index contributed by atoms with van der Waals surface area (Å²) in [5.74, 6) is -0.393. The van der Waals surface area contributed by atoms with Crippen molar-refractivity contribution in [1.82, 2.24) is 0 Å². The molecule has 0 aliphatic heterocycles. The molecule has 0 bridgehead atoms. The lowest BCUT2D eigenvalue weighted by Gasteiger charge is -2.18. The Bertz CT molecular complexity index is 1500. The van der Waals surface area contributed by atoms with E-state index in [1.807, 2.05) is 48.5 Å². The van der Waals surface area contributed by atoms with Crippen LogP contribution in [0.1, 0.15) is 59.0 Å². The zero-order valence-corrected chi connectivity index (χ0v) is 23.3. The first kappa shape index (κ1) is 28.4. The van der Waals surface area contributed by atoms with Gasteiger partial charge in [0.05, 0.1) is 31.2 Å². The summed E-state index contributed by atoms with van der Waals surface area (Å²) in [6, 6.07) is 26.3. The van der Waals surface area contributed by atoms with Gasteiger partial charge in [-0.1, -0.05) is 80.5 Å². The summed E-state index contributed by atoms with van der Waals surface area (Å²) in [5.41, 5.74) is 3.35. The summed E-state index contributed by atoms with van der Waals surface area (Å²) in [4.78, 5) is 30.7. The van der Waals surface area contributed by atoms with Gasteiger partial charge in [0.2, 0.25) is 0 Å². The predicted octanol–water partition coefficient (Wildman–Crippen LogP) is 7.00. The maximum Gasteiger partial charge on any atom is 0.339 e. The number of nitrogens with one attached hydrogen (secondary N) is 1. The summed E-state index contributed by atoms with van der Waals surface area (Å²) in [7, 11) is 1.30. The van der Waals surface area contributed by atoms with E-state index in [-0.39, 0.29) is 16.9 Å². The molecule has 0 fully saturated rings. The van der Waals surface area contributed by atoms with Gasteiger partial charge in [-0.15, -0.1) is 0 Å². The molecule has 0 saturated carbocycles. The highest BCUT2D eigenvalue weighted by Gasteiger charge is 2.17. The lowest BCUT2D eigenvalue weighted by molar-refractivity contribution is 0.0602. The zero-order chi connectivity index (χ0) is 28.5. The van der Waals surface area contributed by atoms with Crippen molar-refractivity contribution < 1.29 is 23.9 Å². The van der Waals surface area contributed by atoms with Crippen molar-refractivity contribution >= 4 is 34.6 Å². The number of ether oxygens (including phenoxy) is 2. The van der Waals surface area contributed by atoms with E-state index in [1.54, 1.807) is 30.5 Å². The number of benzene rings is 4. The summed E-state index contributed by atoms with van der Waals surface area (Å²) >= 11 is 0. The summed E-state index contributed by atoms with van der Waals surface area (Å²) in [5, 5.41) is 8.85. The number of carbonyl (C=O) groups excluding carboxylic acids is 2. The minimum atomic E-state index is -0.556. The van der Waals surface area contributed by atoms with Gasteiger partial charge in [-0.05, 0) is 51.6 Å². The second kappa shape index (κ2) is 12.9. The van der Waals surface area contributed by atoms with Crippen LogP contribution < -0.4 is 10.1 Å². The number of amides is 1. The zero-order valence-electron chi connectivity index (χ0n) is 23.3. The number of carbonyl (C=O) groups is 2. The summed E-state index contributed by atoms with van der Waals surface area (Å²) < 4.78 is 10.7. The Kier molecular flexibility index (Phi) is 9.17. The van der Waals surface area contributed by atoms with Crippen LogP contribution in [0.4, 0.5) is 5.69 Å². The Morgan fingerprint density at radius 2 is 1.62 bits per heavy atom. The Morgan fingerprint density at radius 3 is 2.35 bits per heavy atom. The molecule has 0 unspecified atom stereocenters. The molecule has 4 rings (SSSR count). The van der Waals surface area contributed by atoms with Crippen molar-refractivity contribution in [2.75, 3.05) is 25.6 Å². The smallest absolute Gasteiger partial charge is 0.339 e. The number of fused-ring (bicyclic) bond motifs is 1. The van der Waals surface area contributed by atoms with Gasteiger partial charge in [0.1, 0.15) is 12.4 Å². The topological polar surface area (TPSA) is 86.2 Å². The van der Waals surface area contributed by atoms with Gasteiger partial charge < -0.3 is 19.6 Å². The fourth-order valence-electron chi connectivity index (χ4n) is 4.06. The number of esters is 1. The molecule has 0 radical (unpaired) electrons. The Labute approximate surface area is 234 Å². The number of hydrogen-bond donors (Lipinski definition) is 1. The van der Waals surface area contributed by atoms with E-state index in [0.717, 1.165) is 16.3 Å². The average molecular weight is 539 g/mol. The maximum absolute atomic E-state index is 13.0. The van der Waals surface area contributed by atoms with Gasteiger partial charge in [-0.25, -0.2) is 4.79 Å². The first-order valence-electron chi connectivity index (χ1n) is 13.2. The van der Waals surface area contributed by atoms with Crippen molar-refractivity contribution in [2.24, 2.45) is 5.16 Å². The van der Waals surface area contributed by atoms with E-state index >= 15 is 0 Å². The lowest BCUT2D eigenvalue weighted by atomic mass is 9.87. The number of hydrogen-bond acceptors (Lipinski definition) is 6. The molecule has 0 aliphatic rings. The Hall–Kier alpha value is -4.65. The molecule has 0 saturated heterocycles.